The van der Waals surface area contributed by atoms with E-state index >= 15 is 0 Å². The number of hydrogen-bond donors (Lipinski definition) is 1. The van der Waals surface area contributed by atoms with E-state index in [1.54, 1.807) is 14.2 Å². The summed E-state index contributed by atoms with van der Waals surface area (Å²) in [6.45, 7) is 3.56. The van der Waals surface area contributed by atoms with E-state index in [9.17, 15) is 0 Å². The van der Waals surface area contributed by atoms with Gasteiger partial charge in [-0.1, -0.05) is 18.2 Å². The quantitative estimate of drug-likeness (QED) is 0.383. The molecule has 0 amide bonds. The van der Waals surface area contributed by atoms with Crippen molar-refractivity contribution in [3.63, 3.8) is 0 Å². The van der Waals surface area contributed by atoms with Crippen molar-refractivity contribution >= 4 is 29.9 Å². The molecule has 0 unspecified atom stereocenters. The van der Waals surface area contributed by atoms with E-state index in [0.29, 0.717) is 6.61 Å². The van der Waals surface area contributed by atoms with Crippen LogP contribution in [0.15, 0.2) is 35.3 Å². The summed E-state index contributed by atoms with van der Waals surface area (Å²) in [4.78, 5) is 6.41. The number of benzene rings is 1. The monoisotopic (exact) mass is 463 g/mol. The van der Waals surface area contributed by atoms with Gasteiger partial charge in [0, 0.05) is 53.8 Å². The Kier molecular flexibility index (Phi) is 10.1. The Labute approximate surface area is 167 Å². The number of rotatable bonds is 7. The zero-order chi connectivity index (χ0) is 17.3. The Balaban J connectivity index is 0.00000312. The maximum absolute atomic E-state index is 5.75. The highest BCUT2D eigenvalue weighted by Crippen LogP contribution is 2.23. The zero-order valence-corrected chi connectivity index (χ0v) is 17.7. The van der Waals surface area contributed by atoms with E-state index in [1.807, 2.05) is 37.4 Å². The highest BCUT2D eigenvalue weighted by molar-refractivity contribution is 14.0. The molecule has 0 spiro atoms. The third-order valence-electron chi connectivity index (χ3n) is 4.42. The fourth-order valence-corrected chi connectivity index (χ4v) is 2.74. The topological polar surface area (TPSA) is 55.3 Å². The first-order valence-corrected chi connectivity index (χ1v) is 8.42. The number of likely N-dealkylation sites (N-methyl/N-ethyl adjacent to an activating group) is 1. The molecule has 1 aliphatic rings. The highest BCUT2D eigenvalue weighted by atomic mass is 127. The third kappa shape index (κ3) is 6.99. The van der Waals surface area contributed by atoms with Crippen molar-refractivity contribution in [3.8, 4) is 5.75 Å². The molecule has 1 N–H and O–H groups in total. The van der Waals surface area contributed by atoms with Gasteiger partial charge in [0.15, 0.2) is 5.96 Å². The molecule has 1 aromatic rings. The van der Waals surface area contributed by atoms with Crippen molar-refractivity contribution in [2.24, 2.45) is 4.99 Å². The van der Waals surface area contributed by atoms with Crippen molar-refractivity contribution in [1.82, 2.24) is 10.2 Å². The fourth-order valence-electron chi connectivity index (χ4n) is 2.74. The molecular weight excluding hydrogens is 433 g/mol. The molecule has 0 atom stereocenters. The van der Waals surface area contributed by atoms with Gasteiger partial charge in [-0.25, -0.2) is 0 Å². The van der Waals surface area contributed by atoms with E-state index in [4.69, 9.17) is 14.2 Å². The van der Waals surface area contributed by atoms with Gasteiger partial charge in [-0.05, 0) is 12.1 Å². The number of guanidine groups is 1. The summed E-state index contributed by atoms with van der Waals surface area (Å²) in [6.07, 6.45) is 1.79. The van der Waals surface area contributed by atoms with Crippen LogP contribution in [0.3, 0.4) is 0 Å². The van der Waals surface area contributed by atoms with Gasteiger partial charge >= 0.3 is 0 Å². The van der Waals surface area contributed by atoms with Crippen LogP contribution in [0.4, 0.5) is 0 Å². The van der Waals surface area contributed by atoms with Crippen LogP contribution in [0.5, 0.6) is 5.75 Å². The molecule has 6 nitrogen and oxygen atoms in total. The predicted octanol–water partition coefficient (Wildman–Crippen LogP) is 2.39. The lowest BCUT2D eigenvalue weighted by atomic mass is 9.94. The number of hydrogen-bond acceptors (Lipinski definition) is 4. The minimum Gasteiger partial charge on any atom is -0.492 e. The summed E-state index contributed by atoms with van der Waals surface area (Å²) in [5.74, 6) is 1.73. The second-order valence-electron chi connectivity index (χ2n) is 5.98. The molecular formula is C18H30IN3O3. The van der Waals surface area contributed by atoms with Crippen molar-refractivity contribution in [1.29, 1.82) is 0 Å². The van der Waals surface area contributed by atoms with Gasteiger partial charge in [-0.3, -0.25) is 4.99 Å². The Morgan fingerprint density at radius 1 is 1.28 bits per heavy atom. The molecule has 1 aliphatic heterocycles. The summed E-state index contributed by atoms with van der Waals surface area (Å²) >= 11 is 0. The summed E-state index contributed by atoms with van der Waals surface area (Å²) < 4.78 is 16.9. The molecule has 7 heteroatoms. The lowest BCUT2D eigenvalue weighted by Gasteiger charge is -2.37. The fraction of sp³-hybridized carbons (Fsp3) is 0.611. The lowest BCUT2D eigenvalue weighted by molar-refractivity contribution is -0.0857. The van der Waals surface area contributed by atoms with Crippen molar-refractivity contribution < 1.29 is 14.2 Å². The van der Waals surface area contributed by atoms with E-state index in [1.165, 1.54) is 0 Å². The Morgan fingerprint density at radius 2 is 1.96 bits per heavy atom. The van der Waals surface area contributed by atoms with E-state index in [0.717, 1.165) is 50.9 Å². The Bertz CT molecular complexity index is 508. The molecule has 0 bridgehead atoms. The van der Waals surface area contributed by atoms with E-state index < -0.39 is 0 Å². The number of halogens is 1. The normalized spacial score (nSPS) is 16.7. The first-order chi connectivity index (χ1) is 11.7. The van der Waals surface area contributed by atoms with Crippen LogP contribution in [0.1, 0.15) is 12.8 Å². The van der Waals surface area contributed by atoms with Crippen LogP contribution < -0.4 is 10.1 Å². The van der Waals surface area contributed by atoms with Crippen LogP contribution in [-0.4, -0.2) is 70.6 Å². The largest absolute Gasteiger partial charge is 0.492 e. The molecule has 1 aromatic carbocycles. The van der Waals surface area contributed by atoms with E-state index in [-0.39, 0.29) is 29.6 Å². The van der Waals surface area contributed by atoms with Gasteiger partial charge in [-0.2, -0.15) is 0 Å². The van der Waals surface area contributed by atoms with Gasteiger partial charge in [-0.15, -0.1) is 24.0 Å². The van der Waals surface area contributed by atoms with Gasteiger partial charge in [0.2, 0.25) is 0 Å². The first-order valence-electron chi connectivity index (χ1n) is 8.42. The van der Waals surface area contributed by atoms with Crippen LogP contribution in [-0.2, 0) is 9.47 Å². The van der Waals surface area contributed by atoms with Crippen LogP contribution in [0.25, 0.3) is 0 Å². The summed E-state index contributed by atoms with van der Waals surface area (Å²) in [6, 6.07) is 9.84. The summed E-state index contributed by atoms with van der Waals surface area (Å²) in [5.41, 5.74) is -0.171. The molecule has 1 heterocycles. The molecule has 1 saturated heterocycles. The minimum atomic E-state index is -0.171. The molecule has 1 fully saturated rings. The minimum absolute atomic E-state index is 0. The predicted molar refractivity (Wildman–Crippen MR) is 111 cm³/mol. The van der Waals surface area contributed by atoms with Gasteiger partial charge in [0.1, 0.15) is 12.4 Å². The maximum Gasteiger partial charge on any atom is 0.193 e. The highest BCUT2D eigenvalue weighted by Gasteiger charge is 2.32. The Hall–Kier alpha value is -1.06. The van der Waals surface area contributed by atoms with Crippen LogP contribution in [0, 0.1) is 0 Å². The standard InChI is InChI=1S/C18H29N3O3.HI/c1-19-17(20-15-18(22-3)9-12-23-13-10-18)21(2)11-14-24-16-7-5-4-6-8-16;/h4-8H,9-15H2,1-3H3,(H,19,20);1H. The van der Waals surface area contributed by atoms with Crippen molar-refractivity contribution in [2.75, 3.05) is 54.1 Å². The number of aliphatic imine (C=N–C) groups is 1. The molecule has 0 aliphatic carbocycles. The molecule has 0 saturated carbocycles. The number of ether oxygens (including phenoxy) is 3. The number of methoxy groups -OCH3 is 1. The van der Waals surface area contributed by atoms with Crippen LogP contribution in [0.2, 0.25) is 0 Å². The van der Waals surface area contributed by atoms with Gasteiger partial charge in [0.25, 0.3) is 0 Å². The SMILES string of the molecule is CN=C(NCC1(OC)CCOCC1)N(C)CCOc1ccccc1.I. The zero-order valence-electron chi connectivity index (χ0n) is 15.4. The second-order valence-corrected chi connectivity index (χ2v) is 5.98. The molecule has 25 heavy (non-hydrogen) atoms. The maximum atomic E-state index is 5.75. The lowest BCUT2D eigenvalue weighted by Crippen LogP contribution is -2.51. The summed E-state index contributed by atoms with van der Waals surface area (Å²) in [7, 11) is 5.57. The molecule has 0 radical (unpaired) electrons. The number of para-hydroxylation sites is 1. The average molecular weight is 463 g/mol. The molecule has 0 aromatic heterocycles. The average Bonchev–Trinajstić information content (AvgIpc) is 2.64. The smallest absolute Gasteiger partial charge is 0.193 e. The van der Waals surface area contributed by atoms with E-state index in [2.05, 4.69) is 15.2 Å². The Morgan fingerprint density at radius 3 is 2.56 bits per heavy atom. The third-order valence-corrected chi connectivity index (χ3v) is 4.42. The van der Waals surface area contributed by atoms with Gasteiger partial charge < -0.3 is 24.4 Å². The first kappa shape index (κ1) is 22.0. The molecule has 142 valence electrons. The van der Waals surface area contributed by atoms with Gasteiger partial charge in [0.05, 0.1) is 12.1 Å². The summed E-state index contributed by atoms with van der Waals surface area (Å²) in [5, 5.41) is 3.42. The van der Waals surface area contributed by atoms with Crippen molar-refractivity contribution in [3.05, 3.63) is 30.3 Å². The second kappa shape index (κ2) is 11.5. The van der Waals surface area contributed by atoms with Crippen molar-refractivity contribution in [2.45, 2.75) is 18.4 Å². The number of nitrogens with one attached hydrogen (secondary N) is 1. The van der Waals surface area contributed by atoms with Crippen LogP contribution >= 0.6 is 24.0 Å². The number of nitrogens with zero attached hydrogens (tertiary/aromatic N) is 2. The molecule has 2 rings (SSSR count).